The molecule has 0 aliphatic heterocycles. The van der Waals surface area contributed by atoms with Gasteiger partial charge in [0.25, 0.3) is 0 Å². The van der Waals surface area contributed by atoms with Crippen LogP contribution in [0.15, 0.2) is 24.3 Å². The Bertz CT molecular complexity index is 550. The van der Waals surface area contributed by atoms with Gasteiger partial charge in [0.15, 0.2) is 0 Å². The first-order chi connectivity index (χ1) is 18.4. The molecule has 0 radical (unpaired) electrons. The molecule has 1 aliphatic rings. The minimum atomic E-state index is 0.0415. The summed E-state index contributed by atoms with van der Waals surface area (Å²) in [4.78, 5) is 0. The number of unbranched alkanes of at least 4 members (excludes halogenated alkanes) is 6. The molecule has 0 aromatic heterocycles. The molecule has 1 aromatic rings. The van der Waals surface area contributed by atoms with Crippen molar-refractivity contribution in [2.75, 3.05) is 66.1 Å². The van der Waals surface area contributed by atoms with Gasteiger partial charge in [-0.2, -0.15) is 0 Å². The average molecular weight is 525 g/mol. The van der Waals surface area contributed by atoms with Crippen molar-refractivity contribution in [1.29, 1.82) is 0 Å². The van der Waals surface area contributed by atoms with E-state index in [0.717, 1.165) is 12.2 Å². The van der Waals surface area contributed by atoms with E-state index in [1.54, 1.807) is 0 Å². The van der Waals surface area contributed by atoms with E-state index in [2.05, 4.69) is 31.2 Å². The van der Waals surface area contributed by atoms with Crippen LogP contribution in [0, 0.1) is 0 Å². The Labute approximate surface area is 227 Å². The van der Waals surface area contributed by atoms with Gasteiger partial charge in [-0.15, -0.1) is 0 Å². The number of aliphatic hydroxyl groups excluding tert-OH is 1. The maximum atomic E-state index is 8.56. The first-order valence-corrected chi connectivity index (χ1v) is 15.0. The normalized spacial score (nSPS) is 13.2. The Kier molecular flexibility index (Phi) is 25.5. The highest BCUT2D eigenvalue weighted by atomic mass is 16.6. The number of aryl methyl sites for hydroxylation is 1. The monoisotopic (exact) mass is 524 g/mol. The molecule has 0 bridgehead atoms. The van der Waals surface area contributed by atoms with Gasteiger partial charge in [0.05, 0.1) is 59.5 Å². The molecule has 37 heavy (non-hydrogen) atoms. The lowest BCUT2D eigenvalue weighted by molar-refractivity contribution is -0.00779. The van der Waals surface area contributed by atoms with E-state index in [1.807, 2.05) is 0 Å². The number of aliphatic hydroxyl groups is 1. The quantitative estimate of drug-likeness (QED) is 0.160. The van der Waals surface area contributed by atoms with Crippen LogP contribution in [-0.4, -0.2) is 71.2 Å². The maximum Gasteiger partial charge on any atom is 0.119 e. The molecule has 6 nitrogen and oxygen atoms in total. The fraction of sp³-hybridized carbons (Fsp3) is 0.806. The van der Waals surface area contributed by atoms with Crippen LogP contribution in [0.1, 0.15) is 96.0 Å². The zero-order chi connectivity index (χ0) is 26.5. The lowest BCUT2D eigenvalue weighted by atomic mass is 10.0. The van der Waals surface area contributed by atoms with Crippen LogP contribution in [0.4, 0.5) is 0 Å². The van der Waals surface area contributed by atoms with Crippen LogP contribution in [0.5, 0.6) is 5.75 Å². The smallest absolute Gasteiger partial charge is 0.119 e. The van der Waals surface area contributed by atoms with Crippen LogP contribution >= 0.6 is 0 Å². The average Bonchev–Trinajstić information content (AvgIpc) is 2.95. The topological polar surface area (TPSA) is 66.4 Å². The van der Waals surface area contributed by atoms with Gasteiger partial charge in [0.1, 0.15) is 12.4 Å². The van der Waals surface area contributed by atoms with Gasteiger partial charge < -0.3 is 28.8 Å². The van der Waals surface area contributed by atoms with Gasteiger partial charge in [-0.3, -0.25) is 0 Å². The summed E-state index contributed by atoms with van der Waals surface area (Å²) >= 11 is 0. The third-order valence-corrected chi connectivity index (χ3v) is 6.34. The molecule has 1 N–H and O–H groups in total. The second kappa shape index (κ2) is 27.8. The molecule has 1 aliphatic carbocycles. The van der Waals surface area contributed by atoms with Crippen molar-refractivity contribution < 1.29 is 28.8 Å². The van der Waals surface area contributed by atoms with Gasteiger partial charge in [-0.1, -0.05) is 96.1 Å². The Morgan fingerprint density at radius 1 is 0.541 bits per heavy atom. The van der Waals surface area contributed by atoms with Crippen LogP contribution in [0.3, 0.4) is 0 Å². The Morgan fingerprint density at radius 3 is 1.46 bits per heavy atom. The molecule has 0 spiro atoms. The Hall–Kier alpha value is -1.18. The largest absolute Gasteiger partial charge is 0.491 e. The van der Waals surface area contributed by atoms with Crippen molar-refractivity contribution in [3.8, 4) is 5.75 Å². The van der Waals surface area contributed by atoms with E-state index in [0.29, 0.717) is 59.5 Å². The molecule has 0 saturated heterocycles. The summed E-state index contributed by atoms with van der Waals surface area (Å²) in [7, 11) is 0. The van der Waals surface area contributed by atoms with Crippen molar-refractivity contribution in [2.45, 2.75) is 96.8 Å². The zero-order valence-corrected chi connectivity index (χ0v) is 23.8. The second-order valence-electron chi connectivity index (χ2n) is 9.66. The van der Waals surface area contributed by atoms with Gasteiger partial charge >= 0.3 is 0 Å². The highest BCUT2D eigenvalue weighted by Gasteiger charge is 1.98. The summed E-state index contributed by atoms with van der Waals surface area (Å²) in [5, 5.41) is 8.56. The number of hydrogen-bond donors (Lipinski definition) is 1. The molecule has 0 unspecified atom stereocenters. The Balaban J connectivity index is 0.000000992. The van der Waals surface area contributed by atoms with Gasteiger partial charge in [0.2, 0.25) is 0 Å². The summed E-state index contributed by atoms with van der Waals surface area (Å²) in [5.74, 6) is 0.892. The SMILES string of the molecule is C1CCCCC1.CCCCCCCCCc1ccc(OCCOCCOCCOCCOCCO)cc1. The fourth-order valence-electron chi connectivity index (χ4n) is 4.14. The van der Waals surface area contributed by atoms with Crippen LogP contribution in [-0.2, 0) is 25.4 Å². The van der Waals surface area contributed by atoms with E-state index in [4.69, 9.17) is 28.8 Å². The molecule has 1 fully saturated rings. The predicted molar refractivity (Wildman–Crippen MR) is 152 cm³/mol. The van der Waals surface area contributed by atoms with E-state index < -0.39 is 0 Å². The molecule has 1 aromatic carbocycles. The van der Waals surface area contributed by atoms with Gasteiger partial charge in [-0.05, 0) is 30.5 Å². The summed E-state index contributed by atoms with van der Waals surface area (Å²) in [6, 6.07) is 8.44. The highest BCUT2D eigenvalue weighted by Crippen LogP contribution is 2.16. The standard InChI is InChI=1S/C25H44O6.C6H12/c1-2-3-4-5-6-7-8-9-24-10-12-25(13-11-24)31-23-22-30-21-20-29-19-18-28-17-16-27-15-14-26;1-2-4-6-5-3-1/h10-13,26H,2-9,14-23H2,1H3;1-6H2. The maximum absolute atomic E-state index is 8.56. The molecule has 0 atom stereocenters. The van der Waals surface area contributed by atoms with Crippen LogP contribution < -0.4 is 4.74 Å². The Morgan fingerprint density at radius 2 is 0.973 bits per heavy atom. The summed E-state index contributed by atoms with van der Waals surface area (Å²) in [5.41, 5.74) is 1.39. The lowest BCUT2D eigenvalue weighted by Gasteiger charge is -2.09. The minimum absolute atomic E-state index is 0.0415. The number of ether oxygens (including phenoxy) is 5. The lowest BCUT2D eigenvalue weighted by Crippen LogP contribution is -2.14. The van der Waals surface area contributed by atoms with E-state index in [1.165, 1.54) is 89.0 Å². The zero-order valence-electron chi connectivity index (χ0n) is 23.8. The number of hydrogen-bond acceptors (Lipinski definition) is 6. The molecule has 0 amide bonds. The third kappa shape index (κ3) is 23.7. The summed E-state index contributed by atoms with van der Waals surface area (Å²) < 4.78 is 27.1. The van der Waals surface area contributed by atoms with Crippen molar-refractivity contribution in [1.82, 2.24) is 0 Å². The van der Waals surface area contributed by atoms with Crippen molar-refractivity contribution in [3.05, 3.63) is 29.8 Å². The van der Waals surface area contributed by atoms with Crippen molar-refractivity contribution in [3.63, 3.8) is 0 Å². The van der Waals surface area contributed by atoms with Crippen LogP contribution in [0.25, 0.3) is 0 Å². The molecule has 1 saturated carbocycles. The van der Waals surface area contributed by atoms with Gasteiger partial charge in [0, 0.05) is 0 Å². The predicted octanol–water partition coefficient (Wildman–Crippen LogP) is 6.76. The first-order valence-electron chi connectivity index (χ1n) is 15.0. The minimum Gasteiger partial charge on any atom is -0.491 e. The number of benzene rings is 1. The number of rotatable bonds is 23. The molecule has 216 valence electrons. The molecular formula is C31H56O6. The first kappa shape index (κ1) is 33.8. The summed E-state index contributed by atoms with van der Waals surface area (Å²) in [6.07, 6.45) is 19.6. The van der Waals surface area contributed by atoms with E-state index in [-0.39, 0.29) is 6.61 Å². The molecule has 0 heterocycles. The van der Waals surface area contributed by atoms with Crippen LogP contribution in [0.2, 0.25) is 0 Å². The summed E-state index contributed by atoms with van der Waals surface area (Å²) in [6.45, 7) is 6.88. The van der Waals surface area contributed by atoms with E-state index in [9.17, 15) is 0 Å². The molecular weight excluding hydrogens is 468 g/mol. The molecule has 6 heteroatoms. The second-order valence-corrected chi connectivity index (χ2v) is 9.66. The van der Waals surface area contributed by atoms with Crippen molar-refractivity contribution in [2.24, 2.45) is 0 Å². The van der Waals surface area contributed by atoms with Gasteiger partial charge in [-0.25, -0.2) is 0 Å². The van der Waals surface area contributed by atoms with E-state index >= 15 is 0 Å². The van der Waals surface area contributed by atoms with Crippen molar-refractivity contribution >= 4 is 0 Å². The third-order valence-electron chi connectivity index (χ3n) is 6.34. The molecule has 2 rings (SSSR count). The fourth-order valence-corrected chi connectivity index (χ4v) is 4.14. The highest BCUT2D eigenvalue weighted by molar-refractivity contribution is 5.27.